The Morgan fingerprint density at radius 3 is 2.61 bits per heavy atom. The number of likely N-dealkylation sites (N-methyl/N-ethyl adjacent to an activating group) is 1. The molecule has 23 heavy (non-hydrogen) atoms. The van der Waals surface area contributed by atoms with Crippen molar-refractivity contribution in [3.8, 4) is 11.5 Å². The summed E-state index contributed by atoms with van der Waals surface area (Å²) in [5.41, 5.74) is 0.924. The average molecular weight is 309 g/mol. The predicted molar refractivity (Wildman–Crippen MR) is 86.1 cm³/mol. The number of furan rings is 1. The number of nitrogens with zero attached hydrogens (tertiary/aromatic N) is 3. The molecule has 6 heteroatoms. The van der Waals surface area contributed by atoms with Gasteiger partial charge in [-0.05, 0) is 30.3 Å². The van der Waals surface area contributed by atoms with Gasteiger partial charge in [0.2, 0.25) is 5.91 Å². The van der Waals surface area contributed by atoms with E-state index in [4.69, 9.17) is 4.42 Å². The molecule has 0 unspecified atom stereocenters. The van der Waals surface area contributed by atoms with Crippen LogP contribution in [-0.4, -0.2) is 22.7 Å². The maximum Gasteiger partial charge on any atom is 0.267 e. The number of hydrogen-bond acceptors (Lipinski definition) is 4. The molecule has 0 radical (unpaired) electrons. The minimum Gasteiger partial charge on any atom is -0.463 e. The van der Waals surface area contributed by atoms with Crippen molar-refractivity contribution in [2.75, 3.05) is 11.9 Å². The average Bonchev–Trinajstić information content (AvgIpc) is 3.11. The van der Waals surface area contributed by atoms with Gasteiger partial charge in [-0.1, -0.05) is 18.2 Å². The molecule has 0 aliphatic carbocycles. The van der Waals surface area contributed by atoms with Gasteiger partial charge in [0.15, 0.2) is 5.76 Å². The van der Waals surface area contributed by atoms with Crippen LogP contribution >= 0.6 is 0 Å². The minimum absolute atomic E-state index is 0.140. The fourth-order valence-corrected chi connectivity index (χ4v) is 2.15. The molecule has 1 aromatic carbocycles. The van der Waals surface area contributed by atoms with E-state index < -0.39 is 0 Å². The van der Waals surface area contributed by atoms with Crippen molar-refractivity contribution in [2.24, 2.45) is 0 Å². The highest BCUT2D eigenvalue weighted by Gasteiger charge is 2.14. The summed E-state index contributed by atoms with van der Waals surface area (Å²) in [4.78, 5) is 25.8. The highest BCUT2D eigenvalue weighted by atomic mass is 16.3. The molecule has 2 heterocycles. The van der Waals surface area contributed by atoms with Crippen molar-refractivity contribution in [3.05, 3.63) is 71.2 Å². The van der Waals surface area contributed by atoms with Crippen LogP contribution in [0.5, 0.6) is 0 Å². The smallest absolute Gasteiger partial charge is 0.267 e. The number of para-hydroxylation sites is 1. The first-order chi connectivity index (χ1) is 11.1. The quantitative estimate of drug-likeness (QED) is 0.740. The van der Waals surface area contributed by atoms with E-state index in [0.717, 1.165) is 10.4 Å². The molecule has 0 spiro atoms. The Bertz CT molecular complexity index is 854. The SMILES string of the molecule is CN(C(=O)Cn1nc(-c2ccco2)ccc1=O)c1ccccc1. The molecule has 3 rings (SSSR count). The summed E-state index contributed by atoms with van der Waals surface area (Å²) in [6.45, 7) is -0.140. The maximum atomic E-state index is 12.4. The lowest BCUT2D eigenvalue weighted by molar-refractivity contribution is -0.119. The van der Waals surface area contributed by atoms with Gasteiger partial charge in [-0.15, -0.1) is 0 Å². The number of benzene rings is 1. The number of carbonyl (C=O) groups is 1. The van der Waals surface area contributed by atoms with Crippen LogP contribution in [0.3, 0.4) is 0 Å². The van der Waals surface area contributed by atoms with Crippen LogP contribution in [-0.2, 0) is 11.3 Å². The lowest BCUT2D eigenvalue weighted by Crippen LogP contribution is -2.34. The third-order valence-electron chi connectivity index (χ3n) is 3.44. The van der Waals surface area contributed by atoms with Gasteiger partial charge in [0.25, 0.3) is 5.56 Å². The number of amides is 1. The molecule has 0 fully saturated rings. The van der Waals surface area contributed by atoms with Crippen LogP contribution < -0.4 is 10.5 Å². The monoisotopic (exact) mass is 309 g/mol. The Labute approximate surface area is 132 Å². The van der Waals surface area contributed by atoms with Gasteiger partial charge in [-0.25, -0.2) is 4.68 Å². The second-order valence-electron chi connectivity index (χ2n) is 4.98. The first-order valence-electron chi connectivity index (χ1n) is 7.09. The first kappa shape index (κ1) is 14.8. The van der Waals surface area contributed by atoms with Gasteiger partial charge < -0.3 is 9.32 Å². The number of anilines is 1. The van der Waals surface area contributed by atoms with E-state index in [-0.39, 0.29) is 18.0 Å². The Morgan fingerprint density at radius 2 is 1.91 bits per heavy atom. The predicted octanol–water partition coefficient (Wildman–Crippen LogP) is 2.17. The van der Waals surface area contributed by atoms with Crippen LogP contribution in [0.2, 0.25) is 0 Å². The van der Waals surface area contributed by atoms with Crippen molar-refractivity contribution in [1.29, 1.82) is 0 Å². The molecule has 3 aromatic rings. The molecule has 116 valence electrons. The fraction of sp³-hybridized carbons (Fsp3) is 0.118. The van der Waals surface area contributed by atoms with Crippen LogP contribution in [0, 0.1) is 0 Å². The van der Waals surface area contributed by atoms with Gasteiger partial charge in [-0.2, -0.15) is 5.10 Å². The molecule has 0 aliphatic heterocycles. The summed E-state index contributed by atoms with van der Waals surface area (Å²) in [7, 11) is 1.67. The highest BCUT2D eigenvalue weighted by Crippen LogP contribution is 2.15. The summed E-state index contributed by atoms with van der Waals surface area (Å²) < 4.78 is 6.40. The van der Waals surface area contributed by atoms with E-state index in [1.54, 1.807) is 25.2 Å². The third kappa shape index (κ3) is 3.21. The van der Waals surface area contributed by atoms with E-state index >= 15 is 0 Å². The Balaban J connectivity index is 1.84. The van der Waals surface area contributed by atoms with Crippen molar-refractivity contribution in [2.45, 2.75) is 6.54 Å². The second-order valence-corrected chi connectivity index (χ2v) is 4.98. The van der Waals surface area contributed by atoms with Gasteiger partial charge in [0.1, 0.15) is 12.2 Å². The van der Waals surface area contributed by atoms with Crippen molar-refractivity contribution >= 4 is 11.6 Å². The zero-order valence-corrected chi connectivity index (χ0v) is 12.5. The van der Waals surface area contributed by atoms with Gasteiger partial charge in [0.05, 0.1) is 6.26 Å². The van der Waals surface area contributed by atoms with Crippen molar-refractivity contribution in [3.63, 3.8) is 0 Å². The van der Waals surface area contributed by atoms with E-state index in [1.807, 2.05) is 30.3 Å². The largest absolute Gasteiger partial charge is 0.463 e. The molecule has 0 saturated carbocycles. The summed E-state index contributed by atoms with van der Waals surface area (Å²) in [5.74, 6) is 0.310. The molecular weight excluding hydrogens is 294 g/mol. The molecule has 0 aliphatic rings. The van der Waals surface area contributed by atoms with Crippen molar-refractivity contribution < 1.29 is 9.21 Å². The molecule has 6 nitrogen and oxygen atoms in total. The number of rotatable bonds is 4. The summed E-state index contributed by atoms with van der Waals surface area (Å²) in [5, 5.41) is 4.19. The Morgan fingerprint density at radius 1 is 1.13 bits per heavy atom. The molecule has 0 saturated heterocycles. The number of aromatic nitrogens is 2. The zero-order valence-electron chi connectivity index (χ0n) is 12.5. The summed E-state index contributed by atoms with van der Waals surface area (Å²) >= 11 is 0. The van der Waals surface area contributed by atoms with E-state index in [0.29, 0.717) is 11.5 Å². The zero-order chi connectivity index (χ0) is 16.2. The normalized spacial score (nSPS) is 10.5. The minimum atomic E-state index is -0.338. The van der Waals surface area contributed by atoms with E-state index in [9.17, 15) is 9.59 Å². The Kier molecular flexibility index (Phi) is 4.05. The van der Waals surface area contributed by atoms with Gasteiger partial charge in [0, 0.05) is 18.8 Å². The molecule has 0 bridgehead atoms. The van der Waals surface area contributed by atoms with Gasteiger partial charge in [-0.3, -0.25) is 9.59 Å². The van der Waals surface area contributed by atoms with Gasteiger partial charge >= 0.3 is 0 Å². The fourth-order valence-electron chi connectivity index (χ4n) is 2.15. The van der Waals surface area contributed by atoms with Crippen LogP contribution in [0.4, 0.5) is 5.69 Å². The lowest BCUT2D eigenvalue weighted by Gasteiger charge is -2.17. The lowest BCUT2D eigenvalue weighted by atomic mass is 10.3. The van der Waals surface area contributed by atoms with Crippen LogP contribution in [0.1, 0.15) is 0 Å². The van der Waals surface area contributed by atoms with Crippen molar-refractivity contribution in [1.82, 2.24) is 9.78 Å². The topological polar surface area (TPSA) is 68.3 Å². The Hall–Kier alpha value is -3.15. The molecule has 2 aromatic heterocycles. The maximum absolute atomic E-state index is 12.4. The van der Waals surface area contributed by atoms with Crippen LogP contribution in [0.15, 0.2) is 70.1 Å². The van der Waals surface area contributed by atoms with Crippen LogP contribution in [0.25, 0.3) is 11.5 Å². The molecule has 0 N–H and O–H groups in total. The molecule has 0 atom stereocenters. The summed E-state index contributed by atoms with van der Waals surface area (Å²) in [6.07, 6.45) is 1.53. The number of carbonyl (C=O) groups excluding carboxylic acids is 1. The second kappa shape index (κ2) is 6.31. The molecule has 1 amide bonds. The summed E-state index contributed by atoms with van der Waals surface area (Å²) in [6, 6.07) is 15.7. The van der Waals surface area contributed by atoms with E-state index in [2.05, 4.69) is 5.10 Å². The number of hydrogen-bond donors (Lipinski definition) is 0. The third-order valence-corrected chi connectivity index (χ3v) is 3.44. The highest BCUT2D eigenvalue weighted by molar-refractivity contribution is 5.92. The van der Waals surface area contributed by atoms with E-state index in [1.165, 1.54) is 17.2 Å². The standard InChI is InChI=1S/C17H15N3O3/c1-19(13-6-3-2-4-7-13)17(22)12-20-16(21)10-9-14(18-20)15-8-5-11-23-15/h2-11H,12H2,1H3. The first-order valence-corrected chi connectivity index (χ1v) is 7.09. The molecular formula is C17H15N3O3.